The fourth-order valence-electron chi connectivity index (χ4n) is 1.36. The smallest absolute Gasteiger partial charge is 0.0762 e. The minimum absolute atomic E-state index is 0.365. The Morgan fingerprint density at radius 3 is 2.81 bits per heavy atom. The third kappa shape index (κ3) is 5.28. The molecule has 0 heterocycles. The summed E-state index contributed by atoms with van der Waals surface area (Å²) >= 11 is 3.88. The van der Waals surface area contributed by atoms with E-state index >= 15 is 0 Å². The van der Waals surface area contributed by atoms with Crippen molar-refractivity contribution in [3.63, 3.8) is 0 Å². The lowest BCUT2D eigenvalue weighted by Gasteiger charge is -2.07. The van der Waals surface area contributed by atoms with E-state index in [0.29, 0.717) is 0 Å². The lowest BCUT2D eigenvalue weighted by molar-refractivity contribution is 0.199. The first-order valence-corrected chi connectivity index (χ1v) is 7.86. The van der Waals surface area contributed by atoms with E-state index < -0.39 is 0 Å². The quantitative estimate of drug-likeness (QED) is 0.589. The average molecular weight is 256 g/mol. The molecule has 0 spiro atoms. The van der Waals surface area contributed by atoms with Crippen LogP contribution in [0.15, 0.2) is 29.2 Å². The number of hydrogen-bond acceptors (Lipinski definition) is 3. The van der Waals surface area contributed by atoms with Crippen LogP contribution in [0.5, 0.6) is 0 Å². The maximum atomic E-state index is 9.48. The predicted octanol–water partition coefficient (Wildman–Crippen LogP) is 3.98. The second-order valence-corrected chi connectivity index (χ2v) is 6.21. The number of benzene rings is 1. The Balaban J connectivity index is 2.33. The molecule has 0 aliphatic rings. The third-order valence-corrected chi connectivity index (χ3v) is 4.31. The summed E-state index contributed by atoms with van der Waals surface area (Å²) in [5.74, 6) is 3.62. The molecule has 16 heavy (non-hydrogen) atoms. The maximum absolute atomic E-state index is 9.48. The Hall–Kier alpha value is -0.120. The predicted molar refractivity (Wildman–Crippen MR) is 75.4 cm³/mol. The van der Waals surface area contributed by atoms with E-state index in [2.05, 4.69) is 19.1 Å². The highest BCUT2D eigenvalue weighted by Crippen LogP contribution is 2.23. The van der Waals surface area contributed by atoms with Gasteiger partial charge in [0.05, 0.1) is 6.10 Å². The average Bonchev–Trinajstić information content (AvgIpc) is 2.29. The summed E-state index contributed by atoms with van der Waals surface area (Å²) in [6.07, 6.45) is 0.887. The van der Waals surface area contributed by atoms with Crippen LogP contribution in [0.25, 0.3) is 0 Å². The normalized spacial score (nSPS) is 12.7. The minimum atomic E-state index is -0.365. The van der Waals surface area contributed by atoms with E-state index in [0.717, 1.165) is 11.3 Å². The topological polar surface area (TPSA) is 20.2 Å². The van der Waals surface area contributed by atoms with Gasteiger partial charge in [-0.2, -0.15) is 11.8 Å². The molecular weight excluding hydrogens is 236 g/mol. The Labute approximate surface area is 107 Å². The van der Waals surface area contributed by atoms with Crippen molar-refractivity contribution < 1.29 is 5.11 Å². The largest absolute Gasteiger partial charge is 0.389 e. The lowest BCUT2D eigenvalue weighted by atomic mass is 10.1. The first-order valence-electron chi connectivity index (χ1n) is 5.72. The van der Waals surface area contributed by atoms with Crippen LogP contribution in [-0.2, 0) is 0 Å². The Kier molecular flexibility index (Phi) is 7.01. The van der Waals surface area contributed by atoms with Crippen molar-refractivity contribution in [3.8, 4) is 0 Å². The van der Waals surface area contributed by atoms with Gasteiger partial charge in [-0.1, -0.05) is 19.1 Å². The second-order valence-electron chi connectivity index (χ2n) is 3.65. The first kappa shape index (κ1) is 13.9. The molecule has 1 atom stereocenters. The summed E-state index contributed by atoms with van der Waals surface area (Å²) in [6.45, 7) is 4.01. The fraction of sp³-hybridized carbons (Fsp3) is 0.538. The van der Waals surface area contributed by atoms with Crippen LogP contribution in [-0.4, -0.2) is 22.4 Å². The molecule has 0 saturated heterocycles. The van der Waals surface area contributed by atoms with Crippen LogP contribution >= 0.6 is 23.5 Å². The SMILES string of the molecule is CCSCCCSc1cccc(C(C)O)c1. The van der Waals surface area contributed by atoms with E-state index in [1.54, 1.807) is 0 Å². The summed E-state index contributed by atoms with van der Waals surface area (Å²) in [7, 11) is 0. The summed E-state index contributed by atoms with van der Waals surface area (Å²) in [6, 6.07) is 8.19. The maximum Gasteiger partial charge on any atom is 0.0762 e. The molecule has 1 aromatic carbocycles. The summed E-state index contributed by atoms with van der Waals surface area (Å²) < 4.78 is 0. The van der Waals surface area contributed by atoms with Gasteiger partial charge in [-0.05, 0) is 48.3 Å². The van der Waals surface area contributed by atoms with E-state index in [4.69, 9.17) is 0 Å². The highest BCUT2D eigenvalue weighted by Gasteiger charge is 2.01. The molecule has 0 saturated carbocycles. The summed E-state index contributed by atoms with van der Waals surface area (Å²) in [5, 5.41) is 9.48. The number of thioether (sulfide) groups is 2. The molecule has 1 nitrogen and oxygen atoms in total. The zero-order chi connectivity index (χ0) is 11.8. The van der Waals surface area contributed by atoms with Gasteiger partial charge in [0.25, 0.3) is 0 Å². The van der Waals surface area contributed by atoms with Crippen LogP contribution in [0.2, 0.25) is 0 Å². The van der Waals surface area contributed by atoms with E-state index in [-0.39, 0.29) is 6.10 Å². The molecule has 3 heteroatoms. The van der Waals surface area contributed by atoms with Crippen LogP contribution in [0.3, 0.4) is 0 Å². The van der Waals surface area contributed by atoms with Crippen molar-refractivity contribution in [1.82, 2.24) is 0 Å². The summed E-state index contributed by atoms with van der Waals surface area (Å²) in [4.78, 5) is 1.26. The molecule has 1 unspecified atom stereocenters. The standard InChI is InChI=1S/C13H20OS2/c1-3-15-8-5-9-16-13-7-4-6-12(10-13)11(2)14/h4,6-7,10-11,14H,3,5,8-9H2,1-2H3. The molecule has 0 aromatic heterocycles. The molecule has 0 amide bonds. The van der Waals surface area contributed by atoms with Gasteiger partial charge in [0.2, 0.25) is 0 Å². The molecule has 1 aromatic rings. The Morgan fingerprint density at radius 2 is 2.12 bits per heavy atom. The molecule has 0 aliphatic heterocycles. The van der Waals surface area contributed by atoms with Crippen LogP contribution in [0.1, 0.15) is 31.9 Å². The van der Waals surface area contributed by atoms with E-state index in [1.807, 2.05) is 42.6 Å². The number of hydrogen-bond donors (Lipinski definition) is 1. The fourth-order valence-corrected chi connectivity index (χ4v) is 3.10. The van der Waals surface area contributed by atoms with Crippen LogP contribution in [0.4, 0.5) is 0 Å². The van der Waals surface area contributed by atoms with Gasteiger partial charge < -0.3 is 5.11 Å². The van der Waals surface area contributed by atoms with Crippen molar-refractivity contribution in [2.75, 3.05) is 17.3 Å². The van der Waals surface area contributed by atoms with Crippen molar-refractivity contribution in [3.05, 3.63) is 29.8 Å². The number of aliphatic hydroxyl groups excluding tert-OH is 1. The number of aliphatic hydroxyl groups is 1. The Bertz CT molecular complexity index is 300. The highest BCUT2D eigenvalue weighted by atomic mass is 32.2. The molecular formula is C13H20OS2. The lowest BCUT2D eigenvalue weighted by Crippen LogP contribution is -1.91. The highest BCUT2D eigenvalue weighted by molar-refractivity contribution is 8.00. The zero-order valence-electron chi connectivity index (χ0n) is 9.98. The van der Waals surface area contributed by atoms with Gasteiger partial charge in [-0.3, -0.25) is 0 Å². The Morgan fingerprint density at radius 1 is 1.31 bits per heavy atom. The van der Waals surface area contributed by atoms with Gasteiger partial charge >= 0.3 is 0 Å². The van der Waals surface area contributed by atoms with Crippen molar-refractivity contribution in [2.45, 2.75) is 31.3 Å². The van der Waals surface area contributed by atoms with E-state index in [9.17, 15) is 5.11 Å². The van der Waals surface area contributed by atoms with Crippen molar-refractivity contribution in [1.29, 1.82) is 0 Å². The second kappa shape index (κ2) is 8.04. The van der Waals surface area contributed by atoms with Gasteiger partial charge in [-0.25, -0.2) is 0 Å². The summed E-state index contributed by atoms with van der Waals surface area (Å²) in [5.41, 5.74) is 1.01. The molecule has 1 N–H and O–H groups in total. The minimum Gasteiger partial charge on any atom is -0.389 e. The van der Waals surface area contributed by atoms with Gasteiger partial charge in [0.1, 0.15) is 0 Å². The third-order valence-electron chi connectivity index (χ3n) is 2.25. The molecule has 90 valence electrons. The monoisotopic (exact) mass is 256 g/mol. The zero-order valence-corrected chi connectivity index (χ0v) is 11.6. The van der Waals surface area contributed by atoms with Crippen molar-refractivity contribution >= 4 is 23.5 Å². The van der Waals surface area contributed by atoms with Gasteiger partial charge in [-0.15, -0.1) is 11.8 Å². The van der Waals surface area contributed by atoms with Crippen molar-refractivity contribution in [2.24, 2.45) is 0 Å². The molecule has 0 radical (unpaired) electrons. The first-order chi connectivity index (χ1) is 7.74. The van der Waals surface area contributed by atoms with E-state index in [1.165, 1.54) is 22.8 Å². The molecule has 0 bridgehead atoms. The van der Waals surface area contributed by atoms with Gasteiger partial charge in [0.15, 0.2) is 0 Å². The van der Waals surface area contributed by atoms with Crippen LogP contribution < -0.4 is 0 Å². The molecule has 1 rings (SSSR count). The van der Waals surface area contributed by atoms with Gasteiger partial charge in [0, 0.05) is 4.90 Å². The number of rotatable bonds is 7. The molecule has 0 fully saturated rings. The molecule has 0 aliphatic carbocycles. The van der Waals surface area contributed by atoms with Crippen LogP contribution in [0, 0.1) is 0 Å².